The summed E-state index contributed by atoms with van der Waals surface area (Å²) in [6.07, 6.45) is -0.0871. The maximum Gasteiger partial charge on any atom is 0.346 e. The minimum atomic E-state index is -3.90. The standard InChI is InChI=1S/C16H27NO8P2/c1-5-22-26(20,23-6-2)16(27(21,24-7-3)25-8-4)13-14-10-9-11-15(12-14)17(18)19/h9-12,16H,5-8,13H2,1-4H3. The lowest BCUT2D eigenvalue weighted by Crippen LogP contribution is -2.20. The summed E-state index contributed by atoms with van der Waals surface area (Å²) >= 11 is 0. The van der Waals surface area contributed by atoms with Gasteiger partial charge in [0.15, 0.2) is 5.40 Å². The Bertz CT molecular complexity index is 661. The Kier molecular flexibility index (Phi) is 9.81. The van der Waals surface area contributed by atoms with Gasteiger partial charge in [-0.1, -0.05) is 12.1 Å². The minimum absolute atomic E-state index is 0.0704. The number of hydrogen-bond donors (Lipinski definition) is 0. The van der Waals surface area contributed by atoms with Gasteiger partial charge in [0.1, 0.15) is 0 Å². The third kappa shape index (κ3) is 6.49. The number of hydrogen-bond acceptors (Lipinski definition) is 8. The molecule has 0 unspecified atom stereocenters. The van der Waals surface area contributed by atoms with E-state index >= 15 is 0 Å². The molecule has 1 aromatic carbocycles. The van der Waals surface area contributed by atoms with E-state index in [0.29, 0.717) is 5.56 Å². The summed E-state index contributed by atoms with van der Waals surface area (Å²) in [5, 5.41) is 9.80. The van der Waals surface area contributed by atoms with Crippen molar-refractivity contribution in [3.8, 4) is 0 Å². The van der Waals surface area contributed by atoms with Crippen LogP contribution >= 0.6 is 15.2 Å². The molecule has 0 heterocycles. The van der Waals surface area contributed by atoms with Crippen molar-refractivity contribution >= 4 is 20.9 Å². The lowest BCUT2D eigenvalue weighted by atomic mass is 10.1. The summed E-state index contributed by atoms with van der Waals surface area (Å²) in [5.74, 6) is 0. The highest BCUT2D eigenvalue weighted by Gasteiger charge is 2.50. The smallest absolute Gasteiger partial charge is 0.308 e. The van der Waals surface area contributed by atoms with Gasteiger partial charge >= 0.3 is 15.2 Å². The van der Waals surface area contributed by atoms with E-state index in [1.807, 2.05) is 0 Å². The monoisotopic (exact) mass is 423 g/mol. The van der Waals surface area contributed by atoms with Crippen LogP contribution in [0.15, 0.2) is 24.3 Å². The van der Waals surface area contributed by atoms with Crippen LogP contribution in [0.5, 0.6) is 0 Å². The maximum atomic E-state index is 13.4. The molecule has 1 rings (SSSR count). The highest BCUT2D eigenvalue weighted by molar-refractivity contribution is 7.72. The van der Waals surface area contributed by atoms with E-state index in [1.54, 1.807) is 33.8 Å². The lowest BCUT2D eigenvalue weighted by Gasteiger charge is -2.31. The second-order valence-electron chi connectivity index (χ2n) is 5.36. The molecular weight excluding hydrogens is 396 g/mol. The van der Waals surface area contributed by atoms with Crippen LogP contribution in [0.2, 0.25) is 0 Å². The molecular formula is C16H27NO8P2. The van der Waals surface area contributed by atoms with E-state index in [9.17, 15) is 19.2 Å². The van der Waals surface area contributed by atoms with Crippen molar-refractivity contribution in [3.05, 3.63) is 39.9 Å². The predicted molar refractivity (Wildman–Crippen MR) is 102 cm³/mol. The second-order valence-corrected chi connectivity index (χ2v) is 10.2. The molecule has 0 saturated heterocycles. The second kappa shape index (κ2) is 11.1. The van der Waals surface area contributed by atoms with E-state index in [4.69, 9.17) is 18.1 Å². The Morgan fingerprint density at radius 2 is 1.37 bits per heavy atom. The molecule has 0 aromatic heterocycles. The zero-order chi connectivity index (χ0) is 20.5. The molecule has 0 spiro atoms. The molecule has 1 aromatic rings. The van der Waals surface area contributed by atoms with Gasteiger partial charge in [-0.3, -0.25) is 19.2 Å². The van der Waals surface area contributed by atoms with E-state index in [-0.39, 0.29) is 38.5 Å². The molecule has 0 bridgehead atoms. The first-order chi connectivity index (χ1) is 12.8. The largest absolute Gasteiger partial charge is 0.346 e. The van der Waals surface area contributed by atoms with Crippen molar-refractivity contribution in [1.29, 1.82) is 0 Å². The summed E-state index contributed by atoms with van der Waals surface area (Å²) in [6.45, 7) is 6.85. The molecule has 0 aliphatic rings. The van der Waals surface area contributed by atoms with Crippen LogP contribution in [0.1, 0.15) is 33.3 Å². The van der Waals surface area contributed by atoms with Crippen molar-refractivity contribution in [1.82, 2.24) is 0 Å². The van der Waals surface area contributed by atoms with Crippen molar-refractivity contribution in [2.24, 2.45) is 0 Å². The third-order valence-electron chi connectivity index (χ3n) is 3.51. The van der Waals surface area contributed by atoms with Gasteiger partial charge in [-0.05, 0) is 39.7 Å². The predicted octanol–water partition coefficient (Wildman–Crippen LogP) is 5.00. The highest BCUT2D eigenvalue weighted by atomic mass is 31.2. The molecule has 0 radical (unpaired) electrons. The van der Waals surface area contributed by atoms with Crippen LogP contribution in [0.25, 0.3) is 0 Å². The summed E-state index contributed by atoms with van der Waals surface area (Å²) < 4.78 is 48.4. The number of nitro groups is 1. The highest BCUT2D eigenvalue weighted by Crippen LogP contribution is 2.71. The molecule has 154 valence electrons. The molecule has 0 saturated carbocycles. The van der Waals surface area contributed by atoms with E-state index in [2.05, 4.69) is 0 Å². The van der Waals surface area contributed by atoms with Gasteiger partial charge in [0, 0.05) is 12.1 Å². The molecule has 27 heavy (non-hydrogen) atoms. The Balaban J connectivity index is 3.44. The minimum Gasteiger partial charge on any atom is -0.308 e. The number of rotatable bonds is 13. The summed E-state index contributed by atoms with van der Waals surface area (Å²) in [7, 11) is -7.80. The van der Waals surface area contributed by atoms with Crippen LogP contribution in [0.4, 0.5) is 5.69 Å². The van der Waals surface area contributed by atoms with E-state index < -0.39 is 25.5 Å². The summed E-state index contributed by atoms with van der Waals surface area (Å²) in [5.41, 5.74) is 0.324. The molecule has 0 aliphatic carbocycles. The number of non-ortho nitro benzene ring substituents is 1. The first-order valence-electron chi connectivity index (χ1n) is 8.77. The fourth-order valence-electron chi connectivity index (χ4n) is 2.54. The molecule has 11 heteroatoms. The maximum absolute atomic E-state index is 13.4. The van der Waals surface area contributed by atoms with Crippen molar-refractivity contribution in [2.45, 2.75) is 39.5 Å². The average molecular weight is 423 g/mol. The van der Waals surface area contributed by atoms with Gasteiger partial charge in [0.25, 0.3) is 5.69 Å². The Labute approximate surface area is 159 Å². The summed E-state index contributed by atoms with van der Waals surface area (Å²) in [4.78, 5) is 10.5. The van der Waals surface area contributed by atoms with Gasteiger partial charge < -0.3 is 18.1 Å². The van der Waals surface area contributed by atoms with Crippen LogP contribution in [-0.2, 0) is 33.6 Å². The first kappa shape index (κ1) is 24.0. The van der Waals surface area contributed by atoms with Crippen LogP contribution in [-0.4, -0.2) is 36.8 Å². The number of nitro benzene ring substituents is 1. The fourth-order valence-corrected chi connectivity index (χ4v) is 7.87. The normalized spacial score (nSPS) is 12.5. The van der Waals surface area contributed by atoms with Crippen molar-refractivity contribution in [3.63, 3.8) is 0 Å². The Morgan fingerprint density at radius 1 is 0.926 bits per heavy atom. The third-order valence-corrected chi connectivity index (χ3v) is 9.50. The van der Waals surface area contributed by atoms with Gasteiger partial charge in [-0.25, -0.2) is 0 Å². The zero-order valence-electron chi connectivity index (χ0n) is 16.0. The fraction of sp³-hybridized carbons (Fsp3) is 0.625. The molecule has 0 amide bonds. The molecule has 0 atom stereocenters. The van der Waals surface area contributed by atoms with Crippen LogP contribution < -0.4 is 0 Å². The van der Waals surface area contributed by atoms with Gasteiger partial charge in [-0.15, -0.1) is 0 Å². The van der Waals surface area contributed by atoms with E-state index in [0.717, 1.165) is 0 Å². The number of nitrogens with zero attached hydrogens (tertiary/aromatic N) is 1. The molecule has 0 aliphatic heterocycles. The first-order valence-corrected chi connectivity index (χ1v) is 12.0. The SMILES string of the molecule is CCOP(=O)(OCC)C(Cc1cccc([N+](=O)[O-])c1)P(=O)(OCC)OCC. The Hall–Kier alpha value is -1.08. The average Bonchev–Trinajstić information content (AvgIpc) is 2.60. The molecule has 0 fully saturated rings. The van der Waals surface area contributed by atoms with Gasteiger partial charge in [0.05, 0.1) is 31.4 Å². The lowest BCUT2D eigenvalue weighted by molar-refractivity contribution is -0.384. The van der Waals surface area contributed by atoms with Gasteiger partial charge in [0.2, 0.25) is 0 Å². The van der Waals surface area contributed by atoms with E-state index in [1.165, 1.54) is 18.2 Å². The van der Waals surface area contributed by atoms with Crippen molar-refractivity contribution < 1.29 is 32.1 Å². The Morgan fingerprint density at radius 3 is 1.74 bits per heavy atom. The van der Waals surface area contributed by atoms with Crippen LogP contribution in [0.3, 0.4) is 0 Å². The summed E-state index contributed by atoms with van der Waals surface area (Å²) in [6, 6.07) is 5.79. The van der Waals surface area contributed by atoms with Crippen LogP contribution in [0, 0.1) is 10.1 Å². The molecule has 9 nitrogen and oxygen atoms in total. The molecule has 0 N–H and O–H groups in total. The zero-order valence-corrected chi connectivity index (χ0v) is 17.8. The van der Waals surface area contributed by atoms with Gasteiger partial charge in [-0.2, -0.15) is 0 Å². The quantitative estimate of drug-likeness (QED) is 0.247. The number of benzene rings is 1. The van der Waals surface area contributed by atoms with Crippen molar-refractivity contribution in [2.75, 3.05) is 26.4 Å². The topological polar surface area (TPSA) is 114 Å².